The van der Waals surface area contributed by atoms with Crippen molar-refractivity contribution in [2.75, 3.05) is 145 Å². The number of benzene rings is 10. The molecule has 0 aliphatic carbocycles. The van der Waals surface area contributed by atoms with Crippen molar-refractivity contribution < 1.29 is 94.2 Å². The molecule has 128 heavy (non-hydrogen) atoms. The van der Waals surface area contributed by atoms with E-state index in [0.29, 0.717) is 53.6 Å². The van der Waals surface area contributed by atoms with E-state index in [9.17, 15) is 42.1 Å². The van der Waals surface area contributed by atoms with Crippen LogP contribution in [0.25, 0.3) is 0 Å². The molecular formula is C93H131N9O21S5. The number of nitrogens with one attached hydrogen (secondary N) is 7. The number of sulfonamides is 2. The van der Waals surface area contributed by atoms with E-state index in [0.717, 1.165) is 127 Å². The molecule has 0 atom stereocenters. The predicted octanol–water partition coefficient (Wildman–Crippen LogP) is 11.7. The van der Waals surface area contributed by atoms with Gasteiger partial charge in [-0.2, -0.15) is 0 Å². The molecule has 2 aliphatic heterocycles. The van der Waals surface area contributed by atoms with Crippen molar-refractivity contribution in [3.63, 3.8) is 0 Å². The van der Waals surface area contributed by atoms with Crippen molar-refractivity contribution in [1.82, 2.24) is 41.5 Å². The summed E-state index contributed by atoms with van der Waals surface area (Å²) >= 11 is 0. The van der Waals surface area contributed by atoms with Gasteiger partial charge in [0.2, 0.25) is 32.6 Å². The van der Waals surface area contributed by atoms with Crippen LogP contribution in [0.2, 0.25) is 0 Å². The molecule has 2 aliphatic rings. The molecule has 0 spiro atoms. The quantitative estimate of drug-likeness (QED) is 0.0207. The highest BCUT2D eigenvalue weighted by atomic mass is 32.2. The lowest BCUT2D eigenvalue weighted by Crippen LogP contribution is -2.26. The van der Waals surface area contributed by atoms with Crippen LogP contribution in [0.15, 0.2) is 231 Å². The minimum atomic E-state index is -3.55. The third-order valence-electron chi connectivity index (χ3n) is 18.4. The van der Waals surface area contributed by atoms with Crippen LogP contribution in [0, 0.1) is 6.92 Å². The topological polar surface area (TPSA) is 386 Å². The van der Waals surface area contributed by atoms with Crippen molar-refractivity contribution in [3.05, 3.63) is 267 Å². The molecule has 0 radical (unpaired) electrons. The first-order valence-electron chi connectivity index (χ1n) is 39.8. The van der Waals surface area contributed by atoms with Crippen LogP contribution in [0.5, 0.6) is 57.5 Å². The van der Waals surface area contributed by atoms with Gasteiger partial charge in [-0.25, -0.2) is 52.0 Å². The van der Waals surface area contributed by atoms with E-state index >= 15 is 0 Å². The van der Waals surface area contributed by atoms with Crippen LogP contribution in [0.4, 0.5) is 0 Å². The normalized spacial score (nSPS) is 11.7. The minimum absolute atomic E-state index is 0. The highest BCUT2D eigenvalue weighted by Gasteiger charge is 2.20. The zero-order valence-corrected chi connectivity index (χ0v) is 80.3. The summed E-state index contributed by atoms with van der Waals surface area (Å²) in [5, 5.41) is 23.3. The number of rotatable bonds is 30. The third-order valence-corrected chi connectivity index (χ3v) is 24.1. The molecule has 12 rings (SSSR count). The van der Waals surface area contributed by atoms with E-state index in [1.54, 1.807) is 105 Å². The molecule has 10 aromatic carbocycles. The maximum atomic E-state index is 11.3. The molecule has 0 saturated heterocycles. The van der Waals surface area contributed by atoms with Gasteiger partial charge < -0.3 is 88.9 Å². The molecular weight excluding hydrogens is 1740 g/mol. The van der Waals surface area contributed by atoms with Gasteiger partial charge in [0.1, 0.15) is 12.4 Å². The number of hydrogen-bond donors (Lipinski definition) is 8. The Morgan fingerprint density at radius 3 is 1.15 bits per heavy atom. The zero-order chi connectivity index (χ0) is 94.3. The number of methoxy groups -OCH3 is 8. The number of nitrogens with zero attached hydrogens (tertiary/aromatic N) is 1. The van der Waals surface area contributed by atoms with Crippen molar-refractivity contribution in [1.29, 1.82) is 0 Å². The van der Waals surface area contributed by atoms with Crippen LogP contribution < -0.4 is 89.1 Å². The Morgan fingerprint density at radius 1 is 0.359 bits per heavy atom. The van der Waals surface area contributed by atoms with Crippen molar-refractivity contribution in [2.45, 2.75) is 104 Å². The lowest BCUT2D eigenvalue weighted by molar-refractivity contribution is 0.174. The van der Waals surface area contributed by atoms with Gasteiger partial charge >= 0.3 is 0 Å². The zero-order valence-electron chi connectivity index (χ0n) is 76.3. The van der Waals surface area contributed by atoms with E-state index in [1.165, 1.54) is 89.3 Å². The van der Waals surface area contributed by atoms with Crippen molar-refractivity contribution >= 4 is 49.6 Å². The average Bonchev–Trinajstić information content (AvgIpc) is 1.01. The van der Waals surface area contributed by atoms with E-state index in [4.69, 9.17) is 57.2 Å². The monoisotopic (exact) mass is 1870 g/mol. The number of aryl methyl sites for hydroxylation is 1. The Balaban J connectivity index is 0.000000372. The standard InChI is InChI=1S/C16H19NO2.C12H17NO2.C11H17NO3.C10H15NO.C9H13NO2S.C9H11NO2.C9H12O3S.C8H12N2O2S.C8H11NO4S2.CH4/c1-17-11-14-8-9-15(16(10-14)18-2)19-12-13-6-4-3-5-7-13;1-13-5-4-9-6-11(14-2)12(15-3)7-10(9)8-13;1-12-7-8-5-9(13-2)11(15-4)10(6-8)14-3;1-8-4-5-9(7-11-2)6-10(8)12-3;1-10-7-8-3-5-9(6-4-8)13(2,11)12;1-10-5-7-2-3-8-9(4-7)12-6-11-8;1-12-7-8-3-5-9(6-4-8)13(2,10)11;1-10-6-7-2-4-8(5-3-7)13(9,11)12;1-9-15(12,13)8-5-3-7(4-6-8)14(2,10)11;/h3-10,17H,11-12H2,1-2H3;6-7H,4-5,8H2,1-3H3;5-6,12H,7H2,1-4H3;4-6,11H,7H2,1-3H3;3-6,10H,7H2,1-2H3;2-4,10H,5-6H2,1H3;3-6H,7H2,1-2H3;2-5,10H,6H2,1H3,(H2,9,11,12);3-6,9H,1-2H3;1H4. The maximum absolute atomic E-state index is 11.3. The summed E-state index contributed by atoms with van der Waals surface area (Å²) in [6.07, 6.45) is 4.55. The fraction of sp³-hybridized carbons (Fsp3) is 0.355. The number of nitrogens with two attached hydrogens (primary N) is 1. The molecule has 10 aromatic rings. The molecule has 35 heteroatoms. The highest BCUT2D eigenvalue weighted by molar-refractivity contribution is 7.91. The van der Waals surface area contributed by atoms with Crippen LogP contribution in [0.1, 0.15) is 68.6 Å². The minimum Gasteiger partial charge on any atom is -0.496 e. The lowest BCUT2D eigenvalue weighted by atomic mass is 9.99. The van der Waals surface area contributed by atoms with Gasteiger partial charge in [0.15, 0.2) is 75.5 Å². The summed E-state index contributed by atoms with van der Waals surface area (Å²) in [4.78, 5) is 3.30. The smallest absolute Gasteiger partial charge is 0.240 e. The van der Waals surface area contributed by atoms with Gasteiger partial charge in [0, 0.05) is 78.2 Å². The largest absolute Gasteiger partial charge is 0.496 e. The second-order valence-electron chi connectivity index (χ2n) is 28.3. The Hall–Kier alpha value is -10.5. The number of ether oxygens (including phenoxy) is 11. The molecule has 0 unspecified atom stereocenters. The van der Waals surface area contributed by atoms with E-state index in [2.05, 4.69) is 78.9 Å². The molecule has 9 N–H and O–H groups in total. The average molecular weight is 1870 g/mol. The number of primary sulfonamides is 1. The van der Waals surface area contributed by atoms with Crippen LogP contribution in [-0.2, 0) is 120 Å². The molecule has 704 valence electrons. The molecule has 0 fully saturated rings. The van der Waals surface area contributed by atoms with E-state index in [-0.39, 0.29) is 22.1 Å². The number of sulfone groups is 3. The summed E-state index contributed by atoms with van der Waals surface area (Å²) in [5.41, 5.74) is 12.8. The fourth-order valence-electron chi connectivity index (χ4n) is 11.8. The second-order valence-corrected chi connectivity index (χ2v) is 37.8. The molecule has 2 heterocycles. The second kappa shape index (κ2) is 57.5. The van der Waals surface area contributed by atoms with Crippen LogP contribution in [0.3, 0.4) is 0 Å². The summed E-state index contributed by atoms with van der Waals surface area (Å²) < 4.78 is 171. The predicted molar refractivity (Wildman–Crippen MR) is 506 cm³/mol. The number of likely N-dealkylation sites (N-methyl/N-ethyl adjacent to an activating group) is 1. The Labute approximate surface area is 760 Å². The first-order chi connectivity index (χ1) is 60.4. The van der Waals surface area contributed by atoms with Gasteiger partial charge in [0.25, 0.3) is 0 Å². The molecule has 30 nitrogen and oxygen atoms in total. The first-order valence-corrected chi connectivity index (χ1v) is 48.5. The molecule has 0 saturated carbocycles. The van der Waals surface area contributed by atoms with Gasteiger partial charge in [-0.15, -0.1) is 0 Å². The molecule has 0 amide bonds. The Bertz CT molecular complexity index is 5340. The SMILES string of the molecule is C.CNCc1cc(OC)c(OC)c(OC)c1.CNCc1ccc(C)c(OC)c1.CNCc1ccc(OCc2ccccc2)c(OC)c1.CNCc1ccc(S(C)(=O)=O)cc1.CNCc1ccc(S(N)(=O)=O)cc1.CNCc1ccc2c(c1)OCO2.CNS(=O)(=O)c1ccc(S(C)(=O)=O)cc1.COCc1ccc(S(C)(=O)=O)cc1.COc1cc2c(cc1OC)CN(C)CC2. The highest BCUT2D eigenvalue weighted by Crippen LogP contribution is 2.39. The van der Waals surface area contributed by atoms with Crippen molar-refractivity contribution in [2.24, 2.45) is 5.14 Å². The van der Waals surface area contributed by atoms with Crippen molar-refractivity contribution in [3.8, 4) is 57.5 Å². The Morgan fingerprint density at radius 2 is 0.719 bits per heavy atom. The summed E-state index contributed by atoms with van der Waals surface area (Å²) in [5.74, 6) is 7.84. The van der Waals surface area contributed by atoms with Crippen LogP contribution in [-0.4, -0.2) is 192 Å². The van der Waals surface area contributed by atoms with Crippen LogP contribution >= 0.6 is 0 Å². The number of hydrogen-bond acceptors (Lipinski definition) is 28. The van der Waals surface area contributed by atoms with Gasteiger partial charge in [-0.05, 0) is 246 Å². The van der Waals surface area contributed by atoms with Gasteiger partial charge in [-0.3, -0.25) is 0 Å². The van der Waals surface area contributed by atoms with E-state index < -0.39 is 49.6 Å². The maximum Gasteiger partial charge on any atom is 0.240 e. The van der Waals surface area contributed by atoms with E-state index in [1.807, 2.05) is 140 Å². The third kappa shape index (κ3) is 39.2. The molecule has 0 bridgehead atoms. The van der Waals surface area contributed by atoms with Gasteiger partial charge in [-0.1, -0.05) is 98.4 Å². The first kappa shape index (κ1) is 112. The summed E-state index contributed by atoms with van der Waals surface area (Å²) in [6, 6.07) is 61.4. The Kier molecular flexibility index (Phi) is 50.2. The lowest BCUT2D eigenvalue weighted by Gasteiger charge is -2.26. The summed E-state index contributed by atoms with van der Waals surface area (Å²) in [7, 11) is 11.4. The summed E-state index contributed by atoms with van der Waals surface area (Å²) in [6.45, 7) is 10.3. The van der Waals surface area contributed by atoms with Gasteiger partial charge in [0.05, 0.1) is 80.9 Å². The molecule has 0 aromatic heterocycles. The number of fused-ring (bicyclic) bond motifs is 2. The fourth-order valence-corrected chi connectivity index (χ4v) is 15.0.